The van der Waals surface area contributed by atoms with Gasteiger partial charge in [0.2, 0.25) is 0 Å². The highest BCUT2D eigenvalue weighted by molar-refractivity contribution is 7.91. The van der Waals surface area contributed by atoms with E-state index in [4.69, 9.17) is 0 Å². The molecule has 1 fully saturated rings. The summed E-state index contributed by atoms with van der Waals surface area (Å²) in [6.45, 7) is 4.63. The number of aromatic nitrogens is 3. The summed E-state index contributed by atoms with van der Waals surface area (Å²) < 4.78 is 25.9. The molecule has 0 saturated carbocycles. The minimum atomic E-state index is -3.19. The van der Waals surface area contributed by atoms with Gasteiger partial charge in [0.05, 0.1) is 23.7 Å². The van der Waals surface area contributed by atoms with Crippen LogP contribution in [-0.2, 0) is 16.4 Å². The van der Waals surface area contributed by atoms with E-state index in [-0.39, 0.29) is 24.0 Å². The zero-order valence-electron chi connectivity index (χ0n) is 13.7. The standard InChI is InChI=1S/C16H20N4O3S/c1-3-19-10-13(9-18-19)14-11-24(22,23)8-7-20(14)16(21)15-12(2)5-4-6-17-15/h4-6,9-10,14H,3,7-8,11H2,1-2H3/t14-/m1/s1. The van der Waals surface area contributed by atoms with Crippen molar-refractivity contribution >= 4 is 15.7 Å². The fraction of sp³-hybridized carbons (Fsp3) is 0.438. The lowest BCUT2D eigenvalue weighted by atomic mass is 10.1. The first kappa shape index (κ1) is 16.6. The van der Waals surface area contributed by atoms with E-state index < -0.39 is 15.9 Å². The summed E-state index contributed by atoms with van der Waals surface area (Å²) in [4.78, 5) is 18.7. The lowest BCUT2D eigenvalue weighted by Gasteiger charge is -2.35. The molecule has 0 bridgehead atoms. The molecule has 3 heterocycles. The van der Waals surface area contributed by atoms with Gasteiger partial charge in [-0.05, 0) is 25.5 Å². The Balaban J connectivity index is 1.97. The van der Waals surface area contributed by atoms with Crippen LogP contribution in [0.1, 0.15) is 34.6 Å². The second-order valence-corrected chi connectivity index (χ2v) is 8.16. The molecule has 3 rings (SSSR count). The molecule has 8 heteroatoms. The van der Waals surface area contributed by atoms with Crippen molar-refractivity contribution in [3.63, 3.8) is 0 Å². The van der Waals surface area contributed by atoms with Crippen molar-refractivity contribution in [2.45, 2.75) is 26.4 Å². The second-order valence-electron chi connectivity index (χ2n) is 5.93. The topological polar surface area (TPSA) is 85.2 Å². The maximum Gasteiger partial charge on any atom is 0.273 e. The van der Waals surface area contributed by atoms with Gasteiger partial charge in [-0.2, -0.15) is 5.10 Å². The highest BCUT2D eigenvalue weighted by Crippen LogP contribution is 2.28. The van der Waals surface area contributed by atoms with Gasteiger partial charge in [-0.15, -0.1) is 0 Å². The van der Waals surface area contributed by atoms with Crippen LogP contribution >= 0.6 is 0 Å². The minimum absolute atomic E-state index is 0.0248. The summed E-state index contributed by atoms with van der Waals surface area (Å²) in [6.07, 6.45) is 5.02. The molecule has 0 aliphatic carbocycles. The molecule has 1 aliphatic heterocycles. The predicted molar refractivity (Wildman–Crippen MR) is 89.3 cm³/mol. The smallest absolute Gasteiger partial charge is 0.273 e. The van der Waals surface area contributed by atoms with Crippen LogP contribution < -0.4 is 0 Å². The monoisotopic (exact) mass is 348 g/mol. The number of sulfone groups is 1. The SMILES string of the molecule is CCn1cc([C@H]2CS(=O)(=O)CCN2C(=O)c2ncccc2C)cn1. The van der Waals surface area contributed by atoms with Crippen molar-refractivity contribution in [3.8, 4) is 0 Å². The van der Waals surface area contributed by atoms with E-state index in [0.717, 1.165) is 11.1 Å². The molecular weight excluding hydrogens is 328 g/mol. The van der Waals surface area contributed by atoms with Crippen LogP contribution in [0.2, 0.25) is 0 Å². The van der Waals surface area contributed by atoms with Crippen LogP contribution in [0.4, 0.5) is 0 Å². The van der Waals surface area contributed by atoms with Crippen molar-refractivity contribution in [1.29, 1.82) is 0 Å². The lowest BCUT2D eigenvalue weighted by Crippen LogP contribution is -2.46. The Kier molecular flexibility index (Phi) is 4.40. The number of carbonyl (C=O) groups excluding carboxylic acids is 1. The number of rotatable bonds is 3. The number of aryl methyl sites for hydroxylation is 2. The Labute approximate surface area is 141 Å². The Hall–Kier alpha value is -2.22. The molecule has 1 atom stereocenters. The third kappa shape index (κ3) is 3.19. The first-order valence-corrected chi connectivity index (χ1v) is 9.69. The van der Waals surface area contributed by atoms with Crippen LogP contribution in [0, 0.1) is 6.92 Å². The van der Waals surface area contributed by atoms with Gasteiger partial charge in [-0.3, -0.25) is 14.5 Å². The molecule has 0 aromatic carbocycles. The van der Waals surface area contributed by atoms with Gasteiger partial charge in [-0.25, -0.2) is 8.42 Å². The van der Waals surface area contributed by atoms with Gasteiger partial charge in [0.15, 0.2) is 9.84 Å². The summed E-state index contributed by atoms with van der Waals surface area (Å²) in [6, 6.07) is 3.07. The minimum Gasteiger partial charge on any atom is -0.328 e. The summed E-state index contributed by atoms with van der Waals surface area (Å²) in [5, 5.41) is 4.21. The van der Waals surface area contributed by atoms with Gasteiger partial charge in [-0.1, -0.05) is 6.07 Å². The zero-order valence-corrected chi connectivity index (χ0v) is 14.5. The number of amides is 1. The Morgan fingerprint density at radius 2 is 2.21 bits per heavy atom. The third-order valence-electron chi connectivity index (χ3n) is 4.27. The summed E-state index contributed by atoms with van der Waals surface area (Å²) in [5.41, 5.74) is 1.88. The normalized spacial score (nSPS) is 20.1. The number of hydrogen-bond donors (Lipinski definition) is 0. The van der Waals surface area contributed by atoms with Crippen LogP contribution in [0.3, 0.4) is 0 Å². The number of nitrogens with zero attached hydrogens (tertiary/aromatic N) is 4. The first-order valence-electron chi connectivity index (χ1n) is 7.86. The molecule has 2 aromatic rings. The average molecular weight is 348 g/mol. The third-order valence-corrected chi connectivity index (χ3v) is 5.89. The maximum atomic E-state index is 12.9. The van der Waals surface area contributed by atoms with Gasteiger partial charge in [0, 0.05) is 31.0 Å². The quantitative estimate of drug-likeness (QED) is 0.832. The van der Waals surface area contributed by atoms with E-state index >= 15 is 0 Å². The highest BCUT2D eigenvalue weighted by atomic mass is 32.2. The van der Waals surface area contributed by atoms with Crippen LogP contribution in [0.15, 0.2) is 30.7 Å². The van der Waals surface area contributed by atoms with Gasteiger partial charge in [0.25, 0.3) is 5.91 Å². The van der Waals surface area contributed by atoms with Crippen LogP contribution in [-0.4, -0.2) is 52.0 Å². The van der Waals surface area contributed by atoms with E-state index in [1.165, 1.54) is 0 Å². The highest BCUT2D eigenvalue weighted by Gasteiger charge is 2.36. The summed E-state index contributed by atoms with van der Waals surface area (Å²) in [7, 11) is -3.19. The molecule has 128 valence electrons. The Morgan fingerprint density at radius 1 is 1.42 bits per heavy atom. The molecule has 1 aliphatic rings. The van der Waals surface area contributed by atoms with E-state index in [9.17, 15) is 13.2 Å². The van der Waals surface area contributed by atoms with Crippen molar-refractivity contribution in [2.24, 2.45) is 0 Å². The molecule has 24 heavy (non-hydrogen) atoms. The predicted octanol–water partition coefficient (Wildman–Crippen LogP) is 1.22. The molecule has 1 saturated heterocycles. The van der Waals surface area contributed by atoms with Crippen molar-refractivity contribution in [3.05, 3.63) is 47.5 Å². The Bertz CT molecular complexity index is 860. The van der Waals surface area contributed by atoms with E-state index in [2.05, 4.69) is 10.1 Å². The molecule has 0 N–H and O–H groups in total. The molecule has 2 aromatic heterocycles. The fourth-order valence-corrected chi connectivity index (χ4v) is 4.39. The maximum absolute atomic E-state index is 12.9. The van der Waals surface area contributed by atoms with Crippen LogP contribution in [0.5, 0.6) is 0 Å². The fourth-order valence-electron chi connectivity index (χ4n) is 2.90. The molecule has 0 spiro atoms. The number of carbonyl (C=O) groups is 1. The molecule has 7 nitrogen and oxygen atoms in total. The second kappa shape index (κ2) is 6.35. The van der Waals surface area contributed by atoms with E-state index in [1.807, 2.05) is 19.9 Å². The summed E-state index contributed by atoms with van der Waals surface area (Å²) >= 11 is 0. The lowest BCUT2D eigenvalue weighted by molar-refractivity contribution is 0.0690. The molecule has 1 amide bonds. The summed E-state index contributed by atoms with van der Waals surface area (Å²) in [5.74, 6) is -0.347. The van der Waals surface area contributed by atoms with Gasteiger partial charge in [0.1, 0.15) is 5.69 Å². The first-order chi connectivity index (χ1) is 11.4. The zero-order chi connectivity index (χ0) is 17.3. The molecule has 0 radical (unpaired) electrons. The van der Waals surface area contributed by atoms with Crippen molar-refractivity contribution in [2.75, 3.05) is 18.1 Å². The number of pyridine rings is 1. The van der Waals surface area contributed by atoms with Gasteiger partial charge < -0.3 is 4.90 Å². The van der Waals surface area contributed by atoms with Crippen molar-refractivity contribution in [1.82, 2.24) is 19.7 Å². The van der Waals surface area contributed by atoms with Crippen LogP contribution in [0.25, 0.3) is 0 Å². The van der Waals surface area contributed by atoms with E-state index in [1.54, 1.807) is 34.2 Å². The Morgan fingerprint density at radius 3 is 2.88 bits per heavy atom. The van der Waals surface area contributed by atoms with Gasteiger partial charge >= 0.3 is 0 Å². The van der Waals surface area contributed by atoms with Crippen molar-refractivity contribution < 1.29 is 13.2 Å². The number of hydrogen-bond acceptors (Lipinski definition) is 5. The average Bonchev–Trinajstić information content (AvgIpc) is 3.03. The molecular formula is C16H20N4O3S. The molecule has 0 unspecified atom stereocenters. The van der Waals surface area contributed by atoms with E-state index in [0.29, 0.717) is 12.2 Å². The largest absolute Gasteiger partial charge is 0.328 e.